The van der Waals surface area contributed by atoms with Gasteiger partial charge in [-0.25, -0.2) is 4.79 Å². The van der Waals surface area contributed by atoms with E-state index in [0.29, 0.717) is 30.1 Å². The van der Waals surface area contributed by atoms with E-state index in [1.165, 1.54) is 0 Å². The summed E-state index contributed by atoms with van der Waals surface area (Å²) in [5.74, 6) is 0.115. The molecule has 124 valence electrons. The molecule has 0 saturated carbocycles. The minimum Gasteiger partial charge on any atom is -0.334 e. The molecule has 2 aromatic rings. The van der Waals surface area contributed by atoms with E-state index in [9.17, 15) is 9.59 Å². The van der Waals surface area contributed by atoms with Gasteiger partial charge in [-0.15, -0.1) is 0 Å². The monoisotopic (exact) mass is 343 g/mol. The molecule has 0 aromatic heterocycles. The van der Waals surface area contributed by atoms with Gasteiger partial charge in [0, 0.05) is 36.4 Å². The van der Waals surface area contributed by atoms with Gasteiger partial charge in [0.05, 0.1) is 0 Å². The normalized spacial score (nSPS) is 13.4. The smallest absolute Gasteiger partial charge is 0.319 e. The Kier molecular flexibility index (Phi) is 4.71. The number of aryl methyl sites for hydroxylation is 1. The summed E-state index contributed by atoms with van der Waals surface area (Å²) in [5.41, 5.74) is 3.65. The Hall–Kier alpha value is -2.53. The highest BCUT2D eigenvalue weighted by molar-refractivity contribution is 6.30. The summed E-state index contributed by atoms with van der Waals surface area (Å²) in [7, 11) is 1.77. The average Bonchev–Trinajstić information content (AvgIpc) is 2.58. The van der Waals surface area contributed by atoms with Crippen LogP contribution in [0.15, 0.2) is 42.5 Å². The number of nitrogens with zero attached hydrogens (tertiary/aromatic N) is 1. The van der Waals surface area contributed by atoms with Crippen LogP contribution < -0.4 is 15.5 Å². The lowest BCUT2D eigenvalue weighted by Crippen LogP contribution is -2.31. The molecule has 0 unspecified atom stereocenters. The lowest BCUT2D eigenvalue weighted by Gasteiger charge is -2.26. The molecule has 2 aromatic carbocycles. The third kappa shape index (κ3) is 3.68. The van der Waals surface area contributed by atoms with Crippen LogP contribution in [0.25, 0.3) is 0 Å². The van der Waals surface area contributed by atoms with Crippen molar-refractivity contribution in [2.24, 2.45) is 0 Å². The fourth-order valence-corrected chi connectivity index (χ4v) is 2.82. The molecule has 5 nitrogen and oxygen atoms in total. The predicted octanol–water partition coefficient (Wildman–Crippen LogP) is 3.57. The van der Waals surface area contributed by atoms with Crippen LogP contribution in [-0.2, 0) is 17.8 Å². The Morgan fingerprint density at radius 2 is 1.92 bits per heavy atom. The van der Waals surface area contributed by atoms with Gasteiger partial charge in [0.1, 0.15) is 0 Å². The molecule has 0 atom stereocenters. The number of halogens is 1. The average molecular weight is 344 g/mol. The highest BCUT2D eigenvalue weighted by atomic mass is 35.5. The van der Waals surface area contributed by atoms with Gasteiger partial charge >= 0.3 is 6.03 Å². The summed E-state index contributed by atoms with van der Waals surface area (Å²) in [6, 6.07) is 12.6. The summed E-state index contributed by atoms with van der Waals surface area (Å²) >= 11 is 5.83. The zero-order chi connectivity index (χ0) is 17.1. The molecule has 1 heterocycles. The van der Waals surface area contributed by atoms with Crippen molar-refractivity contribution < 1.29 is 9.59 Å². The van der Waals surface area contributed by atoms with Crippen molar-refractivity contribution in [1.82, 2.24) is 5.32 Å². The zero-order valence-corrected chi connectivity index (χ0v) is 14.1. The Balaban J connectivity index is 1.60. The van der Waals surface area contributed by atoms with Crippen molar-refractivity contribution in [3.05, 3.63) is 58.6 Å². The fourth-order valence-electron chi connectivity index (χ4n) is 2.69. The van der Waals surface area contributed by atoms with E-state index in [0.717, 1.165) is 16.8 Å². The maximum atomic E-state index is 12.0. The molecule has 0 radical (unpaired) electrons. The highest BCUT2D eigenvalue weighted by Crippen LogP contribution is 2.29. The molecular weight excluding hydrogens is 326 g/mol. The quantitative estimate of drug-likeness (QED) is 0.895. The maximum absolute atomic E-state index is 12.0. The Morgan fingerprint density at radius 3 is 2.67 bits per heavy atom. The van der Waals surface area contributed by atoms with E-state index in [2.05, 4.69) is 10.6 Å². The molecule has 3 rings (SSSR count). The van der Waals surface area contributed by atoms with Gasteiger partial charge in [-0.05, 0) is 47.9 Å². The molecule has 0 fully saturated rings. The lowest BCUT2D eigenvalue weighted by molar-refractivity contribution is -0.118. The van der Waals surface area contributed by atoms with Crippen LogP contribution in [0.1, 0.15) is 17.5 Å². The number of fused-ring (bicyclic) bond motifs is 1. The molecule has 0 aliphatic carbocycles. The third-order valence-electron chi connectivity index (χ3n) is 4.05. The lowest BCUT2D eigenvalue weighted by atomic mass is 10.0. The first kappa shape index (κ1) is 16.3. The first-order valence-electron chi connectivity index (χ1n) is 7.72. The maximum Gasteiger partial charge on any atom is 0.319 e. The molecule has 0 bridgehead atoms. The van der Waals surface area contributed by atoms with E-state index in [-0.39, 0.29) is 11.9 Å². The number of carbonyl (C=O) groups is 2. The first-order valence-corrected chi connectivity index (χ1v) is 8.09. The van der Waals surface area contributed by atoms with Gasteiger partial charge in [-0.1, -0.05) is 23.7 Å². The Morgan fingerprint density at radius 1 is 1.17 bits per heavy atom. The molecule has 1 aliphatic heterocycles. The number of amides is 3. The summed E-state index contributed by atoms with van der Waals surface area (Å²) < 4.78 is 0. The Bertz CT molecular complexity index is 774. The molecule has 2 N–H and O–H groups in total. The van der Waals surface area contributed by atoms with Crippen LogP contribution in [0, 0.1) is 0 Å². The Labute approximate surface area is 145 Å². The SMILES string of the molecule is CN1C(=O)CCc2cc(NC(=O)NCc3ccc(Cl)cc3)ccc21. The van der Waals surface area contributed by atoms with Crippen LogP contribution in [0.2, 0.25) is 5.02 Å². The fraction of sp³-hybridized carbons (Fsp3) is 0.222. The number of rotatable bonds is 3. The van der Waals surface area contributed by atoms with Gasteiger partial charge in [-0.3, -0.25) is 4.79 Å². The van der Waals surface area contributed by atoms with Gasteiger partial charge in [-0.2, -0.15) is 0 Å². The van der Waals surface area contributed by atoms with Gasteiger partial charge in [0.25, 0.3) is 0 Å². The molecule has 3 amide bonds. The van der Waals surface area contributed by atoms with Crippen molar-refractivity contribution in [3.63, 3.8) is 0 Å². The van der Waals surface area contributed by atoms with Gasteiger partial charge in [0.15, 0.2) is 0 Å². The van der Waals surface area contributed by atoms with Gasteiger partial charge in [0.2, 0.25) is 5.91 Å². The molecule has 0 spiro atoms. The van der Waals surface area contributed by atoms with Crippen molar-refractivity contribution in [3.8, 4) is 0 Å². The summed E-state index contributed by atoms with van der Waals surface area (Å²) in [5, 5.41) is 6.29. The highest BCUT2D eigenvalue weighted by Gasteiger charge is 2.20. The van der Waals surface area contributed by atoms with Crippen molar-refractivity contribution in [2.45, 2.75) is 19.4 Å². The second-order valence-corrected chi connectivity index (χ2v) is 6.17. The zero-order valence-electron chi connectivity index (χ0n) is 13.3. The number of nitrogens with one attached hydrogen (secondary N) is 2. The second kappa shape index (κ2) is 6.93. The molecular formula is C18H18ClN3O2. The number of hydrogen-bond donors (Lipinski definition) is 2. The van der Waals surface area contributed by atoms with Crippen LogP contribution in [-0.4, -0.2) is 19.0 Å². The number of benzene rings is 2. The summed E-state index contributed by atoms with van der Waals surface area (Å²) in [6.45, 7) is 0.422. The van der Waals surface area contributed by atoms with E-state index in [1.54, 1.807) is 30.1 Å². The van der Waals surface area contributed by atoms with Crippen LogP contribution in [0.5, 0.6) is 0 Å². The minimum absolute atomic E-state index is 0.115. The van der Waals surface area contributed by atoms with Crippen molar-refractivity contribution >= 4 is 34.9 Å². The number of carbonyl (C=O) groups excluding carboxylic acids is 2. The number of urea groups is 1. The van der Waals surface area contributed by atoms with Gasteiger partial charge < -0.3 is 15.5 Å². The van der Waals surface area contributed by atoms with Crippen LogP contribution in [0.4, 0.5) is 16.2 Å². The topological polar surface area (TPSA) is 61.4 Å². The van der Waals surface area contributed by atoms with Crippen LogP contribution >= 0.6 is 11.6 Å². The molecule has 0 saturated heterocycles. The number of hydrogen-bond acceptors (Lipinski definition) is 2. The largest absolute Gasteiger partial charge is 0.334 e. The number of anilines is 2. The summed E-state index contributed by atoms with van der Waals surface area (Å²) in [6.07, 6.45) is 1.19. The van der Waals surface area contributed by atoms with E-state index >= 15 is 0 Å². The van der Waals surface area contributed by atoms with E-state index < -0.39 is 0 Å². The summed E-state index contributed by atoms with van der Waals surface area (Å²) in [4.78, 5) is 25.4. The second-order valence-electron chi connectivity index (χ2n) is 5.73. The third-order valence-corrected chi connectivity index (χ3v) is 4.30. The van der Waals surface area contributed by atoms with Crippen molar-refractivity contribution in [1.29, 1.82) is 0 Å². The van der Waals surface area contributed by atoms with Crippen molar-refractivity contribution in [2.75, 3.05) is 17.3 Å². The van der Waals surface area contributed by atoms with E-state index in [4.69, 9.17) is 11.6 Å². The standard InChI is InChI=1S/C18H18ClN3O2/c1-22-16-8-7-15(10-13(16)4-9-17(22)23)21-18(24)20-11-12-2-5-14(19)6-3-12/h2-3,5-8,10H,4,9,11H2,1H3,(H2,20,21,24). The van der Waals surface area contributed by atoms with Crippen LogP contribution in [0.3, 0.4) is 0 Å². The minimum atomic E-state index is -0.273. The molecule has 24 heavy (non-hydrogen) atoms. The first-order chi connectivity index (χ1) is 11.5. The molecule has 1 aliphatic rings. The predicted molar refractivity (Wildman–Crippen MR) is 95.5 cm³/mol. The van der Waals surface area contributed by atoms with E-state index in [1.807, 2.05) is 24.3 Å². The molecule has 6 heteroatoms.